The highest BCUT2D eigenvalue weighted by Crippen LogP contribution is 2.30. The molecule has 31 heavy (non-hydrogen) atoms. The average Bonchev–Trinajstić information content (AvgIpc) is 3.30. The Kier molecular flexibility index (Phi) is 7.61. The zero-order valence-corrected chi connectivity index (χ0v) is 18.6. The van der Waals surface area contributed by atoms with Crippen LogP contribution in [0.3, 0.4) is 0 Å². The molecule has 0 fully saturated rings. The van der Waals surface area contributed by atoms with Crippen LogP contribution in [0.15, 0.2) is 53.6 Å². The van der Waals surface area contributed by atoms with Crippen LogP contribution in [0.1, 0.15) is 28.9 Å². The number of methoxy groups -OCH3 is 2. The van der Waals surface area contributed by atoms with E-state index in [-0.39, 0.29) is 5.78 Å². The van der Waals surface area contributed by atoms with E-state index in [9.17, 15) is 4.79 Å². The van der Waals surface area contributed by atoms with E-state index in [2.05, 4.69) is 21.1 Å². The van der Waals surface area contributed by atoms with Crippen molar-refractivity contribution in [3.63, 3.8) is 0 Å². The third kappa shape index (κ3) is 5.21. The predicted molar refractivity (Wildman–Crippen MR) is 126 cm³/mol. The van der Waals surface area contributed by atoms with Gasteiger partial charge < -0.3 is 25.5 Å². The average molecular weight is 439 g/mol. The molecular weight excluding hydrogens is 412 g/mol. The van der Waals surface area contributed by atoms with E-state index in [0.717, 1.165) is 18.4 Å². The number of hydrogen-bond acceptors (Lipinski definition) is 8. The second-order valence-corrected chi connectivity index (χ2v) is 7.49. The van der Waals surface area contributed by atoms with Crippen molar-refractivity contribution in [2.24, 2.45) is 0 Å². The van der Waals surface area contributed by atoms with Crippen molar-refractivity contribution in [1.82, 2.24) is 9.69 Å². The number of ketones is 1. The molecule has 3 N–H and O–H groups in total. The molecule has 0 radical (unpaired) electrons. The van der Waals surface area contributed by atoms with Crippen LogP contribution in [0.5, 0.6) is 11.5 Å². The largest absolute Gasteiger partial charge is 0.497 e. The van der Waals surface area contributed by atoms with Crippen molar-refractivity contribution in [2.75, 3.05) is 26.6 Å². The van der Waals surface area contributed by atoms with Crippen molar-refractivity contribution in [1.29, 1.82) is 5.41 Å². The van der Waals surface area contributed by atoms with Crippen molar-refractivity contribution in [3.8, 4) is 11.5 Å². The molecule has 0 saturated carbocycles. The summed E-state index contributed by atoms with van der Waals surface area (Å²) in [7, 11) is 4.93. The minimum absolute atomic E-state index is 0.101. The first-order valence-electron chi connectivity index (χ1n) is 9.83. The quantitative estimate of drug-likeness (QED) is 0.378. The van der Waals surface area contributed by atoms with Crippen LogP contribution < -0.4 is 20.1 Å². The first-order valence-corrected chi connectivity index (χ1v) is 10.7. The van der Waals surface area contributed by atoms with Crippen LogP contribution in [0, 0.1) is 5.41 Å². The maximum atomic E-state index is 13.7. The number of anilines is 1. The summed E-state index contributed by atoms with van der Waals surface area (Å²) in [5.41, 5.74) is 3.23. The Morgan fingerprint density at radius 2 is 2.00 bits per heavy atom. The molecular formula is C23H26N4O3S. The lowest BCUT2D eigenvalue weighted by molar-refractivity contribution is 0.0980. The highest BCUT2D eigenvalue weighted by molar-refractivity contribution is 7.04. The fourth-order valence-electron chi connectivity index (χ4n) is 3.35. The van der Waals surface area contributed by atoms with Gasteiger partial charge in [0.2, 0.25) is 0 Å². The summed E-state index contributed by atoms with van der Waals surface area (Å²) in [4.78, 5) is 13.7. The smallest absolute Gasteiger partial charge is 0.192 e. The Labute approximate surface area is 186 Å². The second kappa shape index (κ2) is 10.6. The Morgan fingerprint density at radius 1 is 1.26 bits per heavy atom. The summed E-state index contributed by atoms with van der Waals surface area (Å²) in [6.07, 6.45) is 10.5. The van der Waals surface area contributed by atoms with E-state index in [1.165, 1.54) is 17.7 Å². The number of aromatic nitrogens is 1. The van der Waals surface area contributed by atoms with Crippen molar-refractivity contribution < 1.29 is 14.3 Å². The molecule has 1 heterocycles. The molecule has 1 aromatic carbocycles. The molecule has 3 rings (SSSR count). The summed E-state index contributed by atoms with van der Waals surface area (Å²) in [6.45, 7) is 0. The van der Waals surface area contributed by atoms with Gasteiger partial charge in [-0.3, -0.25) is 4.79 Å². The molecule has 0 saturated heterocycles. The molecule has 7 nitrogen and oxygen atoms in total. The van der Waals surface area contributed by atoms with Gasteiger partial charge in [0.25, 0.3) is 0 Å². The van der Waals surface area contributed by atoms with E-state index in [0.29, 0.717) is 34.0 Å². The summed E-state index contributed by atoms with van der Waals surface area (Å²) in [5.74, 6) is 1.16. The lowest BCUT2D eigenvalue weighted by Crippen LogP contribution is -2.32. The van der Waals surface area contributed by atoms with Crippen molar-refractivity contribution >= 4 is 34.8 Å². The van der Waals surface area contributed by atoms with E-state index in [4.69, 9.17) is 14.9 Å². The molecule has 1 aromatic heterocycles. The van der Waals surface area contributed by atoms with Crippen LogP contribution >= 0.6 is 11.5 Å². The lowest BCUT2D eigenvalue weighted by Gasteiger charge is -2.23. The lowest BCUT2D eigenvalue weighted by atomic mass is 9.91. The number of Topliss-reactive ketones (excluding diaryl/α,β-unsaturated/α-hetero) is 1. The van der Waals surface area contributed by atoms with Gasteiger partial charge >= 0.3 is 0 Å². The third-order valence-corrected chi connectivity index (χ3v) is 5.53. The minimum Gasteiger partial charge on any atom is -0.497 e. The highest BCUT2D eigenvalue weighted by Gasteiger charge is 2.28. The minimum atomic E-state index is -0.585. The molecule has 0 aliphatic heterocycles. The monoisotopic (exact) mass is 438 g/mol. The van der Waals surface area contributed by atoms with E-state index in [1.807, 2.05) is 24.3 Å². The Morgan fingerprint density at radius 3 is 2.58 bits per heavy atom. The van der Waals surface area contributed by atoms with Gasteiger partial charge in [0, 0.05) is 54.3 Å². The standard InChI is InChI=1S/C23H26N4O3S/c1-25-13-16(12-24)21-20(14-31-27-21)23(28)22(15-7-5-4-6-8-15)26-17-9-18(29-2)11-19(10-17)30-3/h4-5,7,9-14,22,24-26H,6,8H2,1-3H3/b16-13+,24-12?. The number of allylic oxidation sites excluding steroid dienone is 4. The predicted octanol–water partition coefficient (Wildman–Crippen LogP) is 4.31. The number of ether oxygens (including phenoxy) is 2. The highest BCUT2D eigenvalue weighted by atomic mass is 32.1. The van der Waals surface area contributed by atoms with Crippen LogP contribution in [0.2, 0.25) is 0 Å². The van der Waals surface area contributed by atoms with Gasteiger partial charge in [-0.1, -0.05) is 18.2 Å². The summed E-state index contributed by atoms with van der Waals surface area (Å²) in [5, 5.41) is 15.7. The number of hydrogen-bond donors (Lipinski definition) is 3. The number of nitrogens with zero attached hydrogens (tertiary/aromatic N) is 1. The number of rotatable bonds is 10. The van der Waals surface area contributed by atoms with Crippen LogP contribution in [-0.2, 0) is 0 Å². The Hall–Kier alpha value is -3.39. The fourth-order valence-corrected chi connectivity index (χ4v) is 4.05. The molecule has 0 spiro atoms. The zero-order chi connectivity index (χ0) is 22.2. The molecule has 1 aliphatic carbocycles. The normalized spacial score (nSPS) is 14.4. The number of nitrogens with one attached hydrogen (secondary N) is 3. The van der Waals surface area contributed by atoms with Gasteiger partial charge in [-0.05, 0) is 29.9 Å². The van der Waals surface area contributed by atoms with E-state index in [1.54, 1.807) is 38.9 Å². The second-order valence-electron chi connectivity index (χ2n) is 6.86. The maximum Gasteiger partial charge on any atom is 0.192 e. The van der Waals surface area contributed by atoms with Gasteiger partial charge in [0.15, 0.2) is 5.78 Å². The molecule has 1 aliphatic rings. The zero-order valence-electron chi connectivity index (χ0n) is 17.8. The topological polar surface area (TPSA) is 96.3 Å². The molecule has 162 valence electrons. The fraction of sp³-hybridized carbons (Fsp3) is 0.261. The summed E-state index contributed by atoms with van der Waals surface area (Å²) < 4.78 is 15.1. The molecule has 1 unspecified atom stereocenters. The van der Waals surface area contributed by atoms with Crippen LogP contribution in [-0.4, -0.2) is 43.7 Å². The molecule has 0 amide bonds. The van der Waals surface area contributed by atoms with Gasteiger partial charge in [0.05, 0.1) is 25.5 Å². The van der Waals surface area contributed by atoms with E-state index < -0.39 is 6.04 Å². The third-order valence-electron chi connectivity index (χ3n) is 4.91. The first-order chi connectivity index (χ1) is 15.1. The van der Waals surface area contributed by atoms with Crippen LogP contribution in [0.4, 0.5) is 5.69 Å². The number of carbonyl (C=O) groups is 1. The van der Waals surface area contributed by atoms with Gasteiger partial charge in [-0.2, -0.15) is 4.37 Å². The van der Waals surface area contributed by atoms with Crippen LogP contribution in [0.25, 0.3) is 5.57 Å². The molecule has 8 heteroatoms. The first kappa shape index (κ1) is 22.3. The molecule has 0 bridgehead atoms. The van der Waals surface area contributed by atoms with Gasteiger partial charge in [0.1, 0.15) is 17.5 Å². The van der Waals surface area contributed by atoms with Crippen molar-refractivity contribution in [3.05, 3.63) is 64.8 Å². The Balaban J connectivity index is 2.02. The molecule has 2 aromatic rings. The summed E-state index contributed by atoms with van der Waals surface area (Å²) in [6, 6.07) is 4.86. The molecule has 1 atom stereocenters. The Bertz CT molecular complexity index is 1020. The number of carbonyl (C=O) groups excluding carboxylic acids is 1. The summed E-state index contributed by atoms with van der Waals surface area (Å²) >= 11 is 1.20. The SMILES string of the molecule is CN/C=C(\C=N)c1nscc1C(=O)C(Nc1cc(OC)cc(OC)c1)C1=CC=CCC1. The maximum absolute atomic E-state index is 13.7. The van der Waals surface area contributed by atoms with Gasteiger partial charge in [-0.25, -0.2) is 0 Å². The van der Waals surface area contributed by atoms with Crippen molar-refractivity contribution in [2.45, 2.75) is 18.9 Å². The van der Waals surface area contributed by atoms with Gasteiger partial charge in [-0.15, -0.1) is 0 Å². The number of benzene rings is 1. The van der Waals surface area contributed by atoms with E-state index >= 15 is 0 Å².